The summed E-state index contributed by atoms with van der Waals surface area (Å²) in [6, 6.07) is 16.0. The summed E-state index contributed by atoms with van der Waals surface area (Å²) in [6.07, 6.45) is 5.37. The highest BCUT2D eigenvalue weighted by Gasteiger charge is 2.46. The van der Waals surface area contributed by atoms with Crippen LogP contribution in [0.1, 0.15) is 56.6 Å². The molecule has 2 aliphatic rings. The van der Waals surface area contributed by atoms with Gasteiger partial charge >= 0.3 is 5.97 Å². The molecule has 4 aromatic rings. The van der Waals surface area contributed by atoms with E-state index in [1.54, 1.807) is 0 Å². The van der Waals surface area contributed by atoms with Crippen LogP contribution in [0.25, 0.3) is 21.8 Å². The third-order valence-electron chi connectivity index (χ3n) is 7.98. The van der Waals surface area contributed by atoms with Crippen LogP contribution in [-0.2, 0) is 26.2 Å². The smallest absolute Gasteiger partial charge is 0.309 e. The maximum Gasteiger partial charge on any atom is 0.309 e. The molecule has 8 heteroatoms. The Morgan fingerprint density at radius 1 is 0.846 bits per heavy atom. The second-order valence-electron chi connectivity index (χ2n) is 11.7. The maximum absolute atomic E-state index is 13.4. The van der Waals surface area contributed by atoms with E-state index in [2.05, 4.69) is 15.0 Å². The number of piperidine rings is 1. The Balaban J connectivity index is 1.36. The average Bonchev–Trinajstić information content (AvgIpc) is 3.53. The number of nitrogens with one attached hydrogen (secondary N) is 1. The molecule has 202 valence electrons. The summed E-state index contributed by atoms with van der Waals surface area (Å²) in [5.74, 6) is -2.08. The third-order valence-corrected chi connectivity index (χ3v) is 7.98. The van der Waals surface area contributed by atoms with Gasteiger partial charge in [0.1, 0.15) is 5.60 Å². The van der Waals surface area contributed by atoms with Gasteiger partial charge in [0, 0.05) is 48.8 Å². The van der Waals surface area contributed by atoms with E-state index < -0.39 is 17.4 Å². The minimum absolute atomic E-state index is 0.129. The molecule has 39 heavy (non-hydrogen) atoms. The molecule has 2 aromatic heterocycles. The molecule has 0 radical (unpaired) electrons. The lowest BCUT2D eigenvalue weighted by atomic mass is 9.83. The molecule has 2 fully saturated rings. The topological polar surface area (TPSA) is 85.6 Å². The van der Waals surface area contributed by atoms with Crippen LogP contribution in [0.3, 0.4) is 0 Å². The first-order valence-corrected chi connectivity index (χ1v) is 13.6. The van der Waals surface area contributed by atoms with E-state index in [0.717, 1.165) is 32.9 Å². The standard InChI is InChI=1S/C31H34N4O4/c1-31(2,3)39-30(38)19-13-15-34(16-14-19)35-18-23(21-10-6-8-12-25(21)35)27-26(28(36)32-29(27)37)22-17-33(4)24-11-7-5-9-20(22)24/h5-12,17-19,26-27H,13-16H2,1-4H3,(H,32,36,37). The first-order chi connectivity index (χ1) is 18.6. The van der Waals surface area contributed by atoms with Crippen molar-refractivity contribution in [3.8, 4) is 0 Å². The number of hydrogen-bond acceptors (Lipinski definition) is 5. The van der Waals surface area contributed by atoms with Gasteiger partial charge in [-0.15, -0.1) is 0 Å². The summed E-state index contributed by atoms with van der Waals surface area (Å²) in [7, 11) is 1.96. The second-order valence-corrected chi connectivity index (χ2v) is 11.7. The van der Waals surface area contributed by atoms with Crippen molar-refractivity contribution in [1.82, 2.24) is 14.6 Å². The molecule has 6 rings (SSSR count). The largest absolute Gasteiger partial charge is 0.460 e. The molecule has 2 atom stereocenters. The Labute approximate surface area is 227 Å². The SMILES string of the molecule is Cn1cc(C2C(=O)NC(=O)C2c2cn(N3CCC(C(=O)OC(C)(C)C)CC3)c3ccccc23)c2ccccc21. The van der Waals surface area contributed by atoms with E-state index in [-0.39, 0.29) is 23.7 Å². The Hall–Kier alpha value is -4.07. The summed E-state index contributed by atoms with van der Waals surface area (Å²) in [4.78, 5) is 39.3. The van der Waals surface area contributed by atoms with Gasteiger partial charge in [0.25, 0.3) is 0 Å². The van der Waals surface area contributed by atoms with Crippen molar-refractivity contribution in [3.63, 3.8) is 0 Å². The van der Waals surface area contributed by atoms with Gasteiger partial charge in [0.05, 0.1) is 23.3 Å². The number of fused-ring (bicyclic) bond motifs is 2. The van der Waals surface area contributed by atoms with Crippen molar-refractivity contribution in [2.45, 2.75) is 51.0 Å². The molecule has 4 heterocycles. The molecule has 2 saturated heterocycles. The zero-order valence-electron chi connectivity index (χ0n) is 22.8. The normalized spacial score (nSPS) is 20.7. The summed E-state index contributed by atoms with van der Waals surface area (Å²) >= 11 is 0. The van der Waals surface area contributed by atoms with Crippen molar-refractivity contribution in [2.24, 2.45) is 13.0 Å². The van der Waals surface area contributed by atoms with Crippen LogP contribution >= 0.6 is 0 Å². The van der Waals surface area contributed by atoms with Gasteiger partial charge in [-0.05, 0) is 56.9 Å². The molecule has 0 spiro atoms. The molecular weight excluding hydrogens is 492 g/mol. The lowest BCUT2D eigenvalue weighted by molar-refractivity contribution is -0.160. The molecule has 1 N–H and O–H groups in total. The molecule has 0 bridgehead atoms. The van der Waals surface area contributed by atoms with Crippen molar-refractivity contribution in [1.29, 1.82) is 0 Å². The van der Waals surface area contributed by atoms with Crippen molar-refractivity contribution >= 4 is 39.6 Å². The molecule has 2 aliphatic heterocycles. The number of para-hydroxylation sites is 2. The fourth-order valence-corrected chi connectivity index (χ4v) is 6.21. The van der Waals surface area contributed by atoms with Crippen molar-refractivity contribution in [2.75, 3.05) is 18.1 Å². The summed E-state index contributed by atoms with van der Waals surface area (Å²) in [5.41, 5.74) is 3.19. The molecule has 0 saturated carbocycles. The van der Waals surface area contributed by atoms with Crippen LogP contribution in [0.4, 0.5) is 0 Å². The number of imide groups is 1. The van der Waals surface area contributed by atoms with E-state index in [1.165, 1.54) is 0 Å². The van der Waals surface area contributed by atoms with E-state index >= 15 is 0 Å². The Kier molecular flexibility index (Phi) is 6.01. The van der Waals surface area contributed by atoms with Crippen LogP contribution in [0.15, 0.2) is 60.9 Å². The number of nitrogens with zero attached hydrogens (tertiary/aromatic N) is 3. The number of carbonyl (C=O) groups excluding carboxylic acids is 3. The number of amides is 2. The first-order valence-electron chi connectivity index (χ1n) is 13.6. The third kappa shape index (κ3) is 4.37. The van der Waals surface area contributed by atoms with E-state index in [9.17, 15) is 14.4 Å². The average molecular weight is 527 g/mol. The fraction of sp³-hybridized carbons (Fsp3) is 0.387. The molecule has 8 nitrogen and oxygen atoms in total. The zero-order chi connectivity index (χ0) is 27.5. The summed E-state index contributed by atoms with van der Waals surface area (Å²) in [5, 5.41) is 6.76. The van der Waals surface area contributed by atoms with Crippen LogP contribution in [0, 0.1) is 5.92 Å². The zero-order valence-corrected chi connectivity index (χ0v) is 22.8. The van der Waals surface area contributed by atoms with Gasteiger partial charge in [0.2, 0.25) is 11.8 Å². The number of aromatic nitrogens is 2. The molecule has 2 amide bonds. The van der Waals surface area contributed by atoms with Crippen molar-refractivity contribution < 1.29 is 19.1 Å². The molecule has 2 aromatic carbocycles. The lowest BCUT2D eigenvalue weighted by Gasteiger charge is -2.34. The number of ether oxygens (including phenoxy) is 1. The summed E-state index contributed by atoms with van der Waals surface area (Å²) < 4.78 is 9.74. The first kappa shape index (κ1) is 25.2. The van der Waals surface area contributed by atoms with Gasteiger partial charge in [-0.2, -0.15) is 0 Å². The number of benzene rings is 2. The second kappa shape index (κ2) is 9.29. The highest BCUT2D eigenvalue weighted by molar-refractivity contribution is 6.13. The van der Waals surface area contributed by atoms with Crippen LogP contribution in [0.5, 0.6) is 0 Å². The van der Waals surface area contributed by atoms with E-state index in [1.807, 2.05) is 93.3 Å². The van der Waals surface area contributed by atoms with E-state index in [4.69, 9.17) is 4.74 Å². The number of carbonyl (C=O) groups is 3. The molecule has 0 aliphatic carbocycles. The van der Waals surface area contributed by atoms with Gasteiger partial charge in [-0.3, -0.25) is 24.4 Å². The Bertz CT molecular complexity index is 1600. The predicted molar refractivity (Wildman–Crippen MR) is 150 cm³/mol. The number of aryl methyl sites for hydroxylation is 1. The van der Waals surface area contributed by atoms with Gasteiger partial charge in [-0.1, -0.05) is 36.4 Å². The lowest BCUT2D eigenvalue weighted by Crippen LogP contribution is -2.44. The highest BCUT2D eigenvalue weighted by Crippen LogP contribution is 2.43. The van der Waals surface area contributed by atoms with Crippen molar-refractivity contribution in [3.05, 3.63) is 72.1 Å². The van der Waals surface area contributed by atoms with Crippen LogP contribution in [0.2, 0.25) is 0 Å². The predicted octanol–water partition coefficient (Wildman–Crippen LogP) is 4.35. The van der Waals surface area contributed by atoms with Crippen LogP contribution < -0.4 is 10.3 Å². The van der Waals surface area contributed by atoms with Gasteiger partial charge in [-0.25, -0.2) is 0 Å². The summed E-state index contributed by atoms with van der Waals surface area (Å²) in [6.45, 7) is 7.05. The number of hydrogen-bond donors (Lipinski definition) is 1. The number of esters is 1. The van der Waals surface area contributed by atoms with Crippen LogP contribution in [-0.4, -0.2) is 45.7 Å². The van der Waals surface area contributed by atoms with Gasteiger partial charge in [0.15, 0.2) is 0 Å². The molecule has 2 unspecified atom stereocenters. The van der Waals surface area contributed by atoms with Gasteiger partial charge < -0.3 is 14.3 Å². The minimum Gasteiger partial charge on any atom is -0.460 e. The minimum atomic E-state index is -0.645. The van der Waals surface area contributed by atoms with E-state index in [0.29, 0.717) is 25.9 Å². The maximum atomic E-state index is 13.4. The monoisotopic (exact) mass is 526 g/mol. The quantitative estimate of drug-likeness (QED) is 0.316. The Morgan fingerprint density at radius 3 is 2.00 bits per heavy atom. The molecular formula is C31H34N4O4. The fourth-order valence-electron chi connectivity index (χ4n) is 6.21. The highest BCUT2D eigenvalue weighted by atomic mass is 16.6. The number of rotatable bonds is 4. The Morgan fingerprint density at radius 2 is 1.38 bits per heavy atom.